The lowest BCUT2D eigenvalue weighted by Gasteiger charge is -2.14. The molecule has 3 aliphatic rings. The van der Waals surface area contributed by atoms with E-state index in [4.69, 9.17) is 0 Å². The Bertz CT molecular complexity index is 375. The topological polar surface area (TPSA) is 33.1 Å². The van der Waals surface area contributed by atoms with Crippen molar-refractivity contribution in [3.63, 3.8) is 0 Å². The van der Waals surface area contributed by atoms with Crippen LogP contribution in [0.15, 0.2) is 11.7 Å². The Labute approximate surface area is 99.7 Å². The fraction of sp³-hybridized carbons (Fsp3) is 0.769. The third-order valence-electron chi connectivity index (χ3n) is 5.13. The Morgan fingerprint density at radius 3 is 2.75 bits per heavy atom. The van der Waals surface area contributed by atoms with Gasteiger partial charge in [-0.15, -0.1) is 11.3 Å². The second kappa shape index (κ2) is 3.30. The maximum Gasteiger partial charge on any atom is 0.0794 e. The van der Waals surface area contributed by atoms with Crippen LogP contribution in [0.5, 0.6) is 0 Å². The van der Waals surface area contributed by atoms with Crippen molar-refractivity contribution in [2.75, 3.05) is 0 Å². The zero-order valence-electron chi connectivity index (χ0n) is 9.25. The van der Waals surface area contributed by atoms with Gasteiger partial charge < -0.3 is 5.11 Å². The van der Waals surface area contributed by atoms with Crippen LogP contribution in [0.2, 0.25) is 0 Å². The molecular formula is C13H17NOS. The normalized spacial score (nSPS) is 45.7. The lowest BCUT2D eigenvalue weighted by Crippen LogP contribution is -2.17. The highest BCUT2D eigenvalue weighted by Gasteiger charge is 2.66. The molecule has 1 heterocycles. The van der Waals surface area contributed by atoms with Gasteiger partial charge in [-0.05, 0) is 48.9 Å². The molecule has 86 valence electrons. The molecule has 1 aromatic rings. The summed E-state index contributed by atoms with van der Waals surface area (Å²) < 4.78 is 0. The smallest absolute Gasteiger partial charge is 0.0794 e. The molecule has 2 nitrogen and oxygen atoms in total. The van der Waals surface area contributed by atoms with E-state index in [0.717, 1.165) is 30.1 Å². The Morgan fingerprint density at radius 2 is 2.12 bits per heavy atom. The van der Waals surface area contributed by atoms with Gasteiger partial charge in [-0.1, -0.05) is 0 Å². The van der Waals surface area contributed by atoms with Crippen molar-refractivity contribution < 1.29 is 5.11 Å². The Hall–Kier alpha value is -0.410. The Morgan fingerprint density at radius 1 is 1.38 bits per heavy atom. The predicted molar refractivity (Wildman–Crippen MR) is 63.1 cm³/mol. The highest BCUT2D eigenvalue weighted by molar-refractivity contribution is 7.09. The van der Waals surface area contributed by atoms with E-state index in [-0.39, 0.29) is 6.10 Å². The van der Waals surface area contributed by atoms with E-state index in [2.05, 4.69) is 4.98 Å². The number of aromatic nitrogens is 1. The van der Waals surface area contributed by atoms with Crippen LogP contribution < -0.4 is 0 Å². The van der Waals surface area contributed by atoms with E-state index in [1.807, 2.05) is 11.7 Å². The summed E-state index contributed by atoms with van der Waals surface area (Å²) >= 11 is 1.67. The molecule has 0 amide bonds. The Balaban J connectivity index is 1.45. The molecule has 3 heteroatoms. The van der Waals surface area contributed by atoms with Crippen LogP contribution in [0.3, 0.4) is 0 Å². The van der Waals surface area contributed by atoms with Crippen LogP contribution in [0.25, 0.3) is 0 Å². The molecule has 1 N–H and O–H groups in total. The molecule has 4 rings (SSSR count). The third-order valence-corrected chi connectivity index (χ3v) is 5.93. The van der Waals surface area contributed by atoms with Crippen molar-refractivity contribution in [2.24, 2.45) is 29.6 Å². The monoisotopic (exact) mass is 235 g/mol. The standard InChI is InChI=1S/C13H17NOS/c15-10(4-9-5-14-6-16-9)13-11-7-1-2-8(3-7)12(11)13/h5-8,10-13,15H,1-4H2. The zero-order chi connectivity index (χ0) is 10.7. The van der Waals surface area contributed by atoms with E-state index < -0.39 is 0 Å². The summed E-state index contributed by atoms with van der Waals surface area (Å²) in [6.45, 7) is 0. The Kier molecular flexibility index (Phi) is 1.98. The molecule has 2 bridgehead atoms. The average Bonchev–Trinajstić information content (AvgIpc) is 2.73. The molecule has 1 aromatic heterocycles. The number of fused-ring (bicyclic) bond motifs is 5. The van der Waals surface area contributed by atoms with Crippen molar-refractivity contribution in [2.45, 2.75) is 31.8 Å². The van der Waals surface area contributed by atoms with E-state index in [1.165, 1.54) is 24.1 Å². The van der Waals surface area contributed by atoms with Gasteiger partial charge in [-0.25, -0.2) is 0 Å². The van der Waals surface area contributed by atoms with Crippen LogP contribution in [0.1, 0.15) is 24.1 Å². The zero-order valence-corrected chi connectivity index (χ0v) is 10.1. The van der Waals surface area contributed by atoms with Crippen LogP contribution in [-0.2, 0) is 6.42 Å². The third kappa shape index (κ3) is 1.25. The lowest BCUT2D eigenvalue weighted by atomic mass is 9.97. The van der Waals surface area contributed by atoms with Crippen LogP contribution >= 0.6 is 11.3 Å². The fourth-order valence-electron chi connectivity index (χ4n) is 4.59. The molecule has 5 atom stereocenters. The van der Waals surface area contributed by atoms with Crippen molar-refractivity contribution in [1.82, 2.24) is 4.98 Å². The maximum absolute atomic E-state index is 10.3. The number of thiazole rings is 1. The van der Waals surface area contributed by atoms with Gasteiger partial charge >= 0.3 is 0 Å². The molecule has 0 radical (unpaired) electrons. The molecule has 0 aliphatic heterocycles. The second-order valence-corrected chi connectivity index (χ2v) is 6.78. The van der Waals surface area contributed by atoms with Crippen molar-refractivity contribution >= 4 is 11.3 Å². The molecule has 0 spiro atoms. The minimum Gasteiger partial charge on any atom is -0.392 e. The highest BCUT2D eigenvalue weighted by atomic mass is 32.1. The number of aliphatic hydroxyl groups is 1. The van der Waals surface area contributed by atoms with Crippen LogP contribution in [0.4, 0.5) is 0 Å². The van der Waals surface area contributed by atoms with E-state index >= 15 is 0 Å². The minimum atomic E-state index is -0.0983. The van der Waals surface area contributed by atoms with Gasteiger partial charge in [0.2, 0.25) is 0 Å². The van der Waals surface area contributed by atoms with E-state index in [1.54, 1.807) is 11.3 Å². The highest BCUT2D eigenvalue weighted by Crippen LogP contribution is 2.70. The molecule has 3 fully saturated rings. The molecule has 0 saturated heterocycles. The molecule has 5 unspecified atom stereocenters. The van der Waals surface area contributed by atoms with Gasteiger partial charge in [0.15, 0.2) is 0 Å². The second-order valence-electron chi connectivity index (χ2n) is 5.80. The number of aliphatic hydroxyl groups excluding tert-OH is 1. The molecule has 16 heavy (non-hydrogen) atoms. The molecule has 3 aliphatic carbocycles. The van der Waals surface area contributed by atoms with E-state index in [0.29, 0.717) is 5.92 Å². The van der Waals surface area contributed by atoms with Crippen molar-refractivity contribution in [3.8, 4) is 0 Å². The number of hydrogen-bond acceptors (Lipinski definition) is 3. The molecular weight excluding hydrogens is 218 g/mol. The number of hydrogen-bond donors (Lipinski definition) is 1. The van der Waals surface area contributed by atoms with Crippen LogP contribution in [-0.4, -0.2) is 16.2 Å². The van der Waals surface area contributed by atoms with Gasteiger partial charge in [-0.3, -0.25) is 4.98 Å². The summed E-state index contributed by atoms with van der Waals surface area (Å²) in [4.78, 5) is 5.32. The van der Waals surface area contributed by atoms with Gasteiger partial charge in [0.1, 0.15) is 0 Å². The summed E-state index contributed by atoms with van der Waals surface area (Å²) in [7, 11) is 0. The molecule has 0 aromatic carbocycles. The van der Waals surface area contributed by atoms with Crippen molar-refractivity contribution in [1.29, 1.82) is 0 Å². The first-order chi connectivity index (χ1) is 7.84. The van der Waals surface area contributed by atoms with E-state index in [9.17, 15) is 5.11 Å². The first kappa shape index (κ1) is 9.60. The quantitative estimate of drug-likeness (QED) is 0.872. The van der Waals surface area contributed by atoms with Gasteiger partial charge in [0.25, 0.3) is 0 Å². The summed E-state index contributed by atoms with van der Waals surface area (Å²) in [5, 5.41) is 10.3. The van der Waals surface area contributed by atoms with Crippen LogP contribution in [0, 0.1) is 29.6 Å². The minimum absolute atomic E-state index is 0.0983. The van der Waals surface area contributed by atoms with Gasteiger partial charge in [0, 0.05) is 17.5 Å². The maximum atomic E-state index is 10.3. The van der Waals surface area contributed by atoms with Gasteiger partial charge in [-0.2, -0.15) is 0 Å². The number of rotatable bonds is 3. The number of nitrogens with zero attached hydrogens (tertiary/aromatic N) is 1. The largest absolute Gasteiger partial charge is 0.392 e. The SMILES string of the molecule is OC(Cc1cncs1)C1C2C3CCC(C3)C12. The summed E-state index contributed by atoms with van der Waals surface area (Å²) in [5.41, 5.74) is 1.86. The summed E-state index contributed by atoms with van der Waals surface area (Å²) in [6.07, 6.45) is 6.99. The van der Waals surface area contributed by atoms with Gasteiger partial charge in [0.05, 0.1) is 11.6 Å². The lowest BCUT2D eigenvalue weighted by molar-refractivity contribution is 0.129. The average molecular weight is 235 g/mol. The molecule has 3 saturated carbocycles. The predicted octanol–water partition coefficient (Wildman–Crippen LogP) is 2.34. The first-order valence-electron chi connectivity index (χ1n) is 6.40. The first-order valence-corrected chi connectivity index (χ1v) is 7.28. The summed E-state index contributed by atoms with van der Waals surface area (Å²) in [6, 6.07) is 0. The van der Waals surface area contributed by atoms with Crippen molar-refractivity contribution in [3.05, 3.63) is 16.6 Å². The fourth-order valence-corrected chi connectivity index (χ4v) is 5.24. The summed E-state index contributed by atoms with van der Waals surface area (Å²) in [5.74, 6) is 4.35.